The van der Waals surface area contributed by atoms with Gasteiger partial charge in [-0.15, -0.1) is 0 Å². The highest BCUT2D eigenvalue weighted by Crippen LogP contribution is 2.19. The first-order chi connectivity index (χ1) is 10.6. The van der Waals surface area contributed by atoms with E-state index < -0.39 is 0 Å². The van der Waals surface area contributed by atoms with Crippen LogP contribution in [0.2, 0.25) is 0 Å². The molecule has 2 aromatic heterocycles. The maximum atomic E-state index is 12.2. The van der Waals surface area contributed by atoms with Crippen molar-refractivity contribution >= 4 is 11.7 Å². The van der Waals surface area contributed by atoms with Gasteiger partial charge in [0.2, 0.25) is 11.6 Å². The van der Waals surface area contributed by atoms with Gasteiger partial charge in [0.1, 0.15) is 6.10 Å². The number of hydrogen-bond acceptors (Lipinski definition) is 7. The number of likely N-dealkylation sites (tertiary alicyclic amines) is 1. The summed E-state index contributed by atoms with van der Waals surface area (Å²) in [6.07, 6.45) is 5.35. The molecule has 3 rings (SSSR count). The van der Waals surface area contributed by atoms with Crippen molar-refractivity contribution in [1.29, 1.82) is 0 Å². The Bertz CT molecular complexity index is 644. The number of ether oxygens (including phenoxy) is 1. The summed E-state index contributed by atoms with van der Waals surface area (Å²) in [5, 5.41) is 3.55. The van der Waals surface area contributed by atoms with Crippen molar-refractivity contribution < 1.29 is 14.1 Å². The van der Waals surface area contributed by atoms with Crippen molar-refractivity contribution in [2.45, 2.75) is 12.5 Å². The van der Waals surface area contributed by atoms with Crippen LogP contribution in [0.1, 0.15) is 17.0 Å². The van der Waals surface area contributed by atoms with Gasteiger partial charge in [0.05, 0.1) is 25.1 Å². The predicted octanol–water partition coefficient (Wildman–Crippen LogP) is 0.824. The third-order valence-corrected chi connectivity index (χ3v) is 3.43. The lowest BCUT2D eigenvalue weighted by Gasteiger charge is -2.16. The minimum absolute atomic E-state index is 0.0985. The van der Waals surface area contributed by atoms with Crippen LogP contribution >= 0.6 is 0 Å². The molecular weight excluding hydrogens is 286 g/mol. The zero-order chi connectivity index (χ0) is 15.5. The van der Waals surface area contributed by atoms with Gasteiger partial charge in [-0.3, -0.25) is 9.78 Å². The highest BCUT2D eigenvalue weighted by atomic mass is 16.5. The quantitative estimate of drug-likeness (QED) is 0.826. The lowest BCUT2D eigenvalue weighted by atomic mass is 10.3. The van der Waals surface area contributed by atoms with E-state index in [0.29, 0.717) is 19.0 Å². The average molecular weight is 303 g/mol. The summed E-state index contributed by atoms with van der Waals surface area (Å²) in [6, 6.07) is 1.56. The molecule has 1 saturated heterocycles. The van der Waals surface area contributed by atoms with Gasteiger partial charge in [0, 0.05) is 33.1 Å². The van der Waals surface area contributed by atoms with Crippen LogP contribution in [0.5, 0.6) is 5.88 Å². The molecular formula is C14H17N5O3. The Hall–Kier alpha value is -2.64. The minimum atomic E-state index is -0.170. The van der Waals surface area contributed by atoms with Crippen LogP contribution in [0, 0.1) is 0 Å². The number of aromatic nitrogens is 3. The lowest BCUT2D eigenvalue weighted by molar-refractivity contribution is 0.0730. The van der Waals surface area contributed by atoms with Crippen LogP contribution in [0.25, 0.3) is 0 Å². The number of carbonyl (C=O) groups is 1. The van der Waals surface area contributed by atoms with E-state index in [2.05, 4.69) is 15.1 Å². The Morgan fingerprint density at radius 3 is 3.05 bits per heavy atom. The molecule has 1 fully saturated rings. The van der Waals surface area contributed by atoms with Gasteiger partial charge in [-0.25, -0.2) is 0 Å². The molecule has 1 aliphatic rings. The molecule has 1 atom stereocenters. The highest BCUT2D eigenvalue weighted by molar-refractivity contribution is 5.91. The average Bonchev–Trinajstić information content (AvgIpc) is 3.18. The van der Waals surface area contributed by atoms with Crippen LogP contribution in [-0.2, 0) is 0 Å². The van der Waals surface area contributed by atoms with Gasteiger partial charge in [-0.05, 0) is 0 Å². The van der Waals surface area contributed by atoms with Crippen LogP contribution < -0.4 is 9.64 Å². The summed E-state index contributed by atoms with van der Waals surface area (Å²) in [5.74, 6) is 1.27. The normalized spacial score (nSPS) is 17.5. The molecule has 0 aliphatic carbocycles. The molecule has 1 amide bonds. The number of carbonyl (C=O) groups excluding carboxylic acids is 1. The van der Waals surface area contributed by atoms with E-state index in [1.807, 2.05) is 19.0 Å². The summed E-state index contributed by atoms with van der Waals surface area (Å²) < 4.78 is 10.7. The van der Waals surface area contributed by atoms with Crippen molar-refractivity contribution in [1.82, 2.24) is 20.0 Å². The number of nitrogens with zero attached hydrogens (tertiary/aromatic N) is 5. The first kappa shape index (κ1) is 14.3. The van der Waals surface area contributed by atoms with Gasteiger partial charge < -0.3 is 19.1 Å². The smallest absolute Gasteiger partial charge is 0.292 e. The Kier molecular flexibility index (Phi) is 3.90. The molecule has 0 radical (unpaired) electrons. The number of rotatable bonds is 4. The molecule has 0 bridgehead atoms. The fourth-order valence-corrected chi connectivity index (χ4v) is 2.27. The molecule has 1 aliphatic heterocycles. The standard InChI is InChI=1S/C14H17N5O3/c1-18(2)12-7-15-8-13(17-12)21-10-4-6-19(9-10)14(20)11-3-5-16-22-11/h3,5,7-8,10H,4,6,9H2,1-2H3/t10-/m1/s1. The van der Waals surface area contributed by atoms with Crippen LogP contribution in [-0.4, -0.2) is 59.2 Å². The second-order valence-electron chi connectivity index (χ2n) is 5.27. The Morgan fingerprint density at radius 1 is 1.45 bits per heavy atom. The van der Waals surface area contributed by atoms with E-state index in [0.717, 1.165) is 12.2 Å². The topological polar surface area (TPSA) is 84.6 Å². The molecule has 0 aromatic carbocycles. The molecule has 0 spiro atoms. The van der Waals surface area contributed by atoms with Gasteiger partial charge in [-0.2, -0.15) is 4.98 Å². The Morgan fingerprint density at radius 2 is 2.32 bits per heavy atom. The van der Waals surface area contributed by atoms with E-state index in [1.165, 1.54) is 6.20 Å². The molecule has 22 heavy (non-hydrogen) atoms. The maximum Gasteiger partial charge on any atom is 0.292 e. The first-order valence-electron chi connectivity index (χ1n) is 6.99. The summed E-state index contributed by atoms with van der Waals surface area (Å²) in [4.78, 5) is 24.2. The van der Waals surface area contributed by atoms with Crippen molar-refractivity contribution in [3.05, 3.63) is 30.4 Å². The van der Waals surface area contributed by atoms with Gasteiger partial charge in [-0.1, -0.05) is 5.16 Å². The second kappa shape index (κ2) is 6.00. The fourth-order valence-electron chi connectivity index (χ4n) is 2.27. The third-order valence-electron chi connectivity index (χ3n) is 3.43. The maximum absolute atomic E-state index is 12.2. The monoisotopic (exact) mass is 303 g/mol. The van der Waals surface area contributed by atoms with E-state index in [1.54, 1.807) is 23.4 Å². The number of anilines is 1. The SMILES string of the molecule is CN(C)c1cncc(O[C@@H]2CCN(C(=O)c3ccno3)C2)n1. The van der Waals surface area contributed by atoms with Crippen LogP contribution in [0.15, 0.2) is 29.2 Å². The van der Waals surface area contributed by atoms with Gasteiger partial charge in [0.25, 0.3) is 5.91 Å². The second-order valence-corrected chi connectivity index (χ2v) is 5.27. The number of hydrogen-bond donors (Lipinski definition) is 0. The summed E-state index contributed by atoms with van der Waals surface area (Å²) in [7, 11) is 3.78. The van der Waals surface area contributed by atoms with Gasteiger partial charge >= 0.3 is 0 Å². The minimum Gasteiger partial charge on any atom is -0.471 e. The van der Waals surface area contributed by atoms with Crippen LogP contribution in [0.4, 0.5) is 5.82 Å². The molecule has 8 heteroatoms. The Labute approximate surface area is 127 Å². The summed E-state index contributed by atoms with van der Waals surface area (Å²) in [5.41, 5.74) is 0. The zero-order valence-electron chi connectivity index (χ0n) is 12.5. The van der Waals surface area contributed by atoms with Crippen molar-refractivity contribution in [2.75, 3.05) is 32.1 Å². The molecule has 116 valence electrons. The predicted molar refractivity (Wildman–Crippen MR) is 77.8 cm³/mol. The highest BCUT2D eigenvalue weighted by Gasteiger charge is 2.30. The third kappa shape index (κ3) is 3.00. The molecule has 3 heterocycles. The van der Waals surface area contributed by atoms with Crippen LogP contribution in [0.3, 0.4) is 0 Å². The van der Waals surface area contributed by atoms with E-state index in [-0.39, 0.29) is 17.8 Å². The van der Waals surface area contributed by atoms with Gasteiger partial charge in [0.15, 0.2) is 5.82 Å². The molecule has 0 unspecified atom stereocenters. The summed E-state index contributed by atoms with van der Waals surface area (Å²) >= 11 is 0. The Balaban J connectivity index is 1.61. The van der Waals surface area contributed by atoms with Crippen molar-refractivity contribution in [3.8, 4) is 5.88 Å². The molecule has 0 N–H and O–H groups in total. The molecule has 8 nitrogen and oxygen atoms in total. The zero-order valence-corrected chi connectivity index (χ0v) is 12.5. The van der Waals surface area contributed by atoms with E-state index >= 15 is 0 Å². The molecule has 0 saturated carbocycles. The largest absolute Gasteiger partial charge is 0.471 e. The number of amides is 1. The fraction of sp³-hybridized carbons (Fsp3) is 0.429. The van der Waals surface area contributed by atoms with E-state index in [9.17, 15) is 4.79 Å². The van der Waals surface area contributed by atoms with E-state index in [4.69, 9.17) is 9.26 Å². The summed E-state index contributed by atoms with van der Waals surface area (Å²) in [6.45, 7) is 1.11. The first-order valence-corrected chi connectivity index (χ1v) is 6.99. The van der Waals surface area contributed by atoms with Crippen molar-refractivity contribution in [2.24, 2.45) is 0 Å². The molecule has 2 aromatic rings. The lowest BCUT2D eigenvalue weighted by Crippen LogP contribution is -2.30. The van der Waals surface area contributed by atoms with Crippen molar-refractivity contribution in [3.63, 3.8) is 0 Å².